The van der Waals surface area contributed by atoms with Gasteiger partial charge in [0.05, 0.1) is 0 Å². The van der Waals surface area contributed by atoms with Crippen LogP contribution in [0.15, 0.2) is 24.3 Å². The normalized spacial score (nSPS) is 16.5. The Morgan fingerprint density at radius 1 is 1.32 bits per heavy atom. The van der Waals surface area contributed by atoms with E-state index in [1.165, 1.54) is 29.2 Å². The van der Waals surface area contributed by atoms with Crippen LogP contribution in [0.3, 0.4) is 0 Å². The summed E-state index contributed by atoms with van der Waals surface area (Å²) >= 11 is 0. The van der Waals surface area contributed by atoms with Gasteiger partial charge in [-0.25, -0.2) is 9.18 Å². The van der Waals surface area contributed by atoms with Crippen LogP contribution in [0.25, 0.3) is 0 Å². The van der Waals surface area contributed by atoms with E-state index in [-0.39, 0.29) is 23.7 Å². The first-order valence-electron chi connectivity index (χ1n) is 8.54. The van der Waals surface area contributed by atoms with Crippen LogP contribution < -0.4 is 5.32 Å². The summed E-state index contributed by atoms with van der Waals surface area (Å²) in [6.45, 7) is 1.57. The lowest BCUT2D eigenvalue weighted by Crippen LogP contribution is -2.46. The molecule has 1 unspecified atom stereocenters. The van der Waals surface area contributed by atoms with Gasteiger partial charge in [-0.2, -0.15) is 0 Å². The van der Waals surface area contributed by atoms with E-state index in [2.05, 4.69) is 5.32 Å². The standard InChI is InChI=1S/C18H25FN2O4/c1-25-12-2-3-16(13-8-10-21(11-9-13)18(23)24)20-17(22)14-4-6-15(19)7-5-14/h4-7,13,16H,2-3,8-12H2,1H3,(H,20,22)(H,23,24). The third kappa shape index (κ3) is 5.70. The van der Waals surface area contributed by atoms with Gasteiger partial charge in [0.2, 0.25) is 0 Å². The molecule has 138 valence electrons. The van der Waals surface area contributed by atoms with E-state index in [1.54, 1.807) is 7.11 Å². The van der Waals surface area contributed by atoms with Crippen LogP contribution in [0, 0.1) is 11.7 Å². The number of halogens is 1. The zero-order valence-electron chi connectivity index (χ0n) is 14.4. The molecule has 25 heavy (non-hydrogen) atoms. The predicted molar refractivity (Wildman–Crippen MR) is 91.1 cm³/mol. The molecule has 1 heterocycles. The zero-order valence-corrected chi connectivity index (χ0v) is 14.4. The summed E-state index contributed by atoms with van der Waals surface area (Å²) in [4.78, 5) is 24.9. The maximum absolute atomic E-state index is 13.0. The molecule has 1 aromatic rings. The van der Waals surface area contributed by atoms with Gasteiger partial charge in [0.1, 0.15) is 5.82 Å². The first kappa shape index (κ1) is 19.2. The molecule has 1 aromatic carbocycles. The highest BCUT2D eigenvalue weighted by atomic mass is 19.1. The van der Waals surface area contributed by atoms with Crippen LogP contribution in [0.5, 0.6) is 0 Å². The second kappa shape index (κ2) is 9.36. The van der Waals surface area contributed by atoms with Crippen molar-refractivity contribution in [3.63, 3.8) is 0 Å². The summed E-state index contributed by atoms with van der Waals surface area (Å²) < 4.78 is 18.1. The minimum absolute atomic E-state index is 0.0522. The van der Waals surface area contributed by atoms with Gasteiger partial charge in [0.15, 0.2) is 0 Å². The molecule has 1 atom stereocenters. The minimum atomic E-state index is -0.898. The van der Waals surface area contributed by atoms with Crippen molar-refractivity contribution >= 4 is 12.0 Å². The van der Waals surface area contributed by atoms with Crippen molar-refractivity contribution in [2.75, 3.05) is 26.8 Å². The van der Waals surface area contributed by atoms with E-state index in [4.69, 9.17) is 9.84 Å². The van der Waals surface area contributed by atoms with Crippen LogP contribution in [-0.4, -0.2) is 54.9 Å². The fourth-order valence-electron chi connectivity index (χ4n) is 3.22. The molecule has 1 fully saturated rings. The molecule has 0 bridgehead atoms. The van der Waals surface area contributed by atoms with Crippen molar-refractivity contribution in [1.82, 2.24) is 10.2 Å². The molecule has 6 nitrogen and oxygen atoms in total. The van der Waals surface area contributed by atoms with E-state index < -0.39 is 6.09 Å². The Kier molecular flexibility index (Phi) is 7.18. The van der Waals surface area contributed by atoms with Crippen LogP contribution in [-0.2, 0) is 4.74 Å². The number of benzene rings is 1. The molecule has 0 aliphatic carbocycles. The van der Waals surface area contributed by atoms with E-state index in [0.717, 1.165) is 12.8 Å². The van der Waals surface area contributed by atoms with Crippen LogP contribution in [0.4, 0.5) is 9.18 Å². The maximum Gasteiger partial charge on any atom is 0.407 e. The fourth-order valence-corrected chi connectivity index (χ4v) is 3.22. The lowest BCUT2D eigenvalue weighted by Gasteiger charge is -2.35. The van der Waals surface area contributed by atoms with Gasteiger partial charge in [0, 0.05) is 38.4 Å². The minimum Gasteiger partial charge on any atom is -0.465 e. The maximum atomic E-state index is 13.0. The molecule has 2 N–H and O–H groups in total. The van der Waals surface area contributed by atoms with Gasteiger partial charge in [-0.05, 0) is 55.9 Å². The number of carboxylic acid groups (broad SMARTS) is 1. The van der Waals surface area contributed by atoms with Crippen LogP contribution in [0.1, 0.15) is 36.0 Å². The highest BCUT2D eigenvalue weighted by Crippen LogP contribution is 2.24. The summed E-state index contributed by atoms with van der Waals surface area (Å²) in [7, 11) is 1.64. The summed E-state index contributed by atoms with van der Waals surface area (Å²) in [5.74, 6) is -0.394. The molecule has 0 saturated carbocycles. The Hall–Kier alpha value is -2.15. The molecule has 0 radical (unpaired) electrons. The van der Waals surface area contributed by atoms with Crippen molar-refractivity contribution in [2.45, 2.75) is 31.7 Å². The molecule has 1 aliphatic heterocycles. The molecule has 7 heteroatoms. The van der Waals surface area contributed by atoms with Crippen molar-refractivity contribution < 1.29 is 23.8 Å². The number of rotatable bonds is 7. The highest BCUT2D eigenvalue weighted by Gasteiger charge is 2.29. The molecule has 0 aromatic heterocycles. The van der Waals surface area contributed by atoms with E-state index in [9.17, 15) is 14.0 Å². The van der Waals surface area contributed by atoms with Crippen molar-refractivity contribution in [3.05, 3.63) is 35.6 Å². The summed E-state index contributed by atoms with van der Waals surface area (Å²) in [5, 5.41) is 12.1. The Bertz CT molecular complexity index is 571. The summed E-state index contributed by atoms with van der Waals surface area (Å²) in [5.41, 5.74) is 0.418. The molecular formula is C18H25FN2O4. The second-order valence-electron chi connectivity index (χ2n) is 6.33. The Labute approximate surface area is 147 Å². The first-order valence-corrected chi connectivity index (χ1v) is 8.54. The fraction of sp³-hybridized carbons (Fsp3) is 0.556. The lowest BCUT2D eigenvalue weighted by molar-refractivity contribution is 0.0863. The van der Waals surface area contributed by atoms with Gasteiger partial charge >= 0.3 is 6.09 Å². The third-order valence-electron chi connectivity index (χ3n) is 4.67. The van der Waals surface area contributed by atoms with Crippen molar-refractivity contribution in [1.29, 1.82) is 0 Å². The lowest BCUT2D eigenvalue weighted by atomic mass is 9.86. The highest BCUT2D eigenvalue weighted by molar-refractivity contribution is 5.94. The SMILES string of the molecule is COCCCC(NC(=O)c1ccc(F)cc1)C1CCN(C(=O)O)CC1. The molecule has 0 spiro atoms. The Balaban J connectivity index is 1.98. The molecule has 1 saturated heterocycles. The van der Waals surface area contributed by atoms with E-state index in [1.807, 2.05) is 0 Å². The predicted octanol–water partition coefficient (Wildman–Crippen LogP) is 2.74. The number of carbonyl (C=O) groups excluding carboxylic acids is 1. The van der Waals surface area contributed by atoms with Crippen LogP contribution >= 0.6 is 0 Å². The molecular weight excluding hydrogens is 327 g/mol. The van der Waals surface area contributed by atoms with Gasteiger partial charge in [-0.15, -0.1) is 0 Å². The van der Waals surface area contributed by atoms with E-state index in [0.29, 0.717) is 38.1 Å². The smallest absolute Gasteiger partial charge is 0.407 e. The summed E-state index contributed by atoms with van der Waals surface area (Å²) in [6.07, 6.45) is 2.11. The number of hydrogen-bond donors (Lipinski definition) is 2. The zero-order chi connectivity index (χ0) is 18.2. The van der Waals surface area contributed by atoms with Gasteiger partial charge in [-0.3, -0.25) is 4.79 Å². The monoisotopic (exact) mass is 352 g/mol. The van der Waals surface area contributed by atoms with Crippen LogP contribution in [0.2, 0.25) is 0 Å². The van der Waals surface area contributed by atoms with Gasteiger partial charge in [0.25, 0.3) is 5.91 Å². The number of nitrogens with zero attached hydrogens (tertiary/aromatic N) is 1. The average molecular weight is 352 g/mol. The van der Waals surface area contributed by atoms with Gasteiger partial charge < -0.3 is 20.1 Å². The third-order valence-corrected chi connectivity index (χ3v) is 4.67. The Morgan fingerprint density at radius 2 is 1.96 bits per heavy atom. The topological polar surface area (TPSA) is 78.9 Å². The number of ether oxygens (including phenoxy) is 1. The van der Waals surface area contributed by atoms with Crippen molar-refractivity contribution in [2.24, 2.45) is 5.92 Å². The van der Waals surface area contributed by atoms with Crippen molar-refractivity contribution in [3.8, 4) is 0 Å². The second-order valence-corrected chi connectivity index (χ2v) is 6.33. The molecule has 2 amide bonds. The quantitative estimate of drug-likeness (QED) is 0.740. The number of carbonyl (C=O) groups is 2. The van der Waals surface area contributed by atoms with Gasteiger partial charge in [-0.1, -0.05) is 0 Å². The molecule has 1 aliphatic rings. The largest absolute Gasteiger partial charge is 0.465 e. The number of hydrogen-bond acceptors (Lipinski definition) is 3. The number of nitrogens with one attached hydrogen (secondary N) is 1. The summed E-state index contributed by atoms with van der Waals surface area (Å²) in [6, 6.07) is 5.40. The number of amides is 2. The number of methoxy groups -OCH3 is 1. The van der Waals surface area contributed by atoms with E-state index >= 15 is 0 Å². The Morgan fingerprint density at radius 3 is 2.52 bits per heavy atom. The number of likely N-dealkylation sites (tertiary alicyclic amines) is 1. The average Bonchev–Trinajstić information content (AvgIpc) is 2.61. The molecule has 2 rings (SSSR count). The number of piperidine rings is 1. The first-order chi connectivity index (χ1) is 12.0.